The lowest BCUT2D eigenvalue weighted by atomic mass is 9.97. The van der Waals surface area contributed by atoms with Gasteiger partial charge < -0.3 is 9.84 Å². The lowest BCUT2D eigenvalue weighted by Gasteiger charge is -2.35. The molecule has 0 spiro atoms. The number of aliphatic hydroxyl groups is 1. The van der Waals surface area contributed by atoms with Gasteiger partial charge in [-0.15, -0.1) is 0 Å². The molecule has 3 nitrogen and oxygen atoms in total. The van der Waals surface area contributed by atoms with E-state index in [1.54, 1.807) is 31.4 Å². The number of rotatable bonds is 9. The van der Waals surface area contributed by atoms with Gasteiger partial charge in [-0.05, 0) is 28.8 Å². The number of halogens is 2. The Balaban J connectivity index is 1.99. The summed E-state index contributed by atoms with van der Waals surface area (Å²) in [4.78, 5) is 1.89. The van der Waals surface area contributed by atoms with Gasteiger partial charge in [-0.3, -0.25) is 4.90 Å². The molecule has 3 aromatic rings. The molecule has 3 rings (SSSR count). The third kappa shape index (κ3) is 5.62. The van der Waals surface area contributed by atoms with Gasteiger partial charge in [-0.25, -0.2) is 8.78 Å². The van der Waals surface area contributed by atoms with Crippen LogP contribution in [0, 0.1) is 0 Å². The summed E-state index contributed by atoms with van der Waals surface area (Å²) < 4.78 is 32.5. The largest absolute Gasteiger partial charge is 0.497 e. The highest BCUT2D eigenvalue weighted by Crippen LogP contribution is 2.32. The molecule has 2 atom stereocenters. The number of nitrogens with zero attached hydrogens (tertiary/aromatic N) is 1. The Morgan fingerprint density at radius 3 is 1.69 bits per heavy atom. The van der Waals surface area contributed by atoms with Gasteiger partial charge in [0.05, 0.1) is 13.2 Å². The highest BCUT2D eigenvalue weighted by Gasteiger charge is 2.34. The van der Waals surface area contributed by atoms with Crippen molar-refractivity contribution in [2.24, 2.45) is 0 Å². The van der Waals surface area contributed by atoms with Crippen molar-refractivity contribution in [2.45, 2.75) is 31.7 Å². The van der Waals surface area contributed by atoms with Gasteiger partial charge in [0.2, 0.25) is 0 Å². The van der Waals surface area contributed by atoms with Crippen molar-refractivity contribution in [1.29, 1.82) is 0 Å². The summed E-state index contributed by atoms with van der Waals surface area (Å²) in [5, 5.41) is 10.5. The Bertz CT molecular complexity index is 816. The average molecular weight is 397 g/mol. The maximum absolute atomic E-state index is 13.6. The van der Waals surface area contributed by atoms with Crippen LogP contribution in [0.5, 0.6) is 5.75 Å². The predicted molar refractivity (Wildman–Crippen MR) is 110 cm³/mol. The quantitative estimate of drug-likeness (QED) is 0.548. The van der Waals surface area contributed by atoms with Gasteiger partial charge in [0.15, 0.2) is 0 Å². The van der Waals surface area contributed by atoms with Crippen LogP contribution in [-0.4, -0.2) is 29.6 Å². The van der Waals surface area contributed by atoms with Gasteiger partial charge in [0.1, 0.15) is 11.9 Å². The van der Waals surface area contributed by atoms with E-state index >= 15 is 0 Å². The molecule has 0 saturated carbocycles. The van der Waals surface area contributed by atoms with E-state index < -0.39 is 18.6 Å². The first-order chi connectivity index (χ1) is 14.1. The molecule has 1 N–H and O–H groups in total. The molecule has 0 radical (unpaired) electrons. The van der Waals surface area contributed by atoms with Crippen LogP contribution in [0.25, 0.3) is 0 Å². The fourth-order valence-corrected chi connectivity index (χ4v) is 3.45. The average Bonchev–Trinajstić information content (AvgIpc) is 2.75. The third-order valence-electron chi connectivity index (χ3n) is 4.89. The van der Waals surface area contributed by atoms with Crippen LogP contribution < -0.4 is 4.74 Å². The summed E-state index contributed by atoms with van der Waals surface area (Å²) in [6.45, 7) is 0.854. The van der Waals surface area contributed by atoms with Crippen molar-refractivity contribution in [2.75, 3.05) is 7.11 Å². The number of hydrogen-bond acceptors (Lipinski definition) is 3. The number of methoxy groups -OCH3 is 1. The summed E-state index contributed by atoms with van der Waals surface area (Å²) >= 11 is 0. The molecule has 0 aromatic heterocycles. The maximum atomic E-state index is 13.6. The second kappa shape index (κ2) is 10.1. The summed E-state index contributed by atoms with van der Waals surface area (Å²) in [6.07, 6.45) is -4.69. The number of alkyl halides is 2. The molecule has 5 heteroatoms. The van der Waals surface area contributed by atoms with E-state index in [2.05, 4.69) is 0 Å². The van der Waals surface area contributed by atoms with Crippen LogP contribution >= 0.6 is 0 Å². The van der Waals surface area contributed by atoms with E-state index in [1.807, 2.05) is 65.6 Å². The van der Waals surface area contributed by atoms with Crippen LogP contribution in [0.1, 0.15) is 22.7 Å². The Hall–Kier alpha value is -2.76. The van der Waals surface area contributed by atoms with Crippen molar-refractivity contribution in [1.82, 2.24) is 4.90 Å². The summed E-state index contributed by atoms with van der Waals surface area (Å²) in [5.74, 6) is 0.636. The molecule has 0 fully saturated rings. The number of aliphatic hydroxyl groups excluding tert-OH is 1. The van der Waals surface area contributed by atoms with Crippen LogP contribution in [0.4, 0.5) is 8.78 Å². The molecule has 0 aliphatic heterocycles. The van der Waals surface area contributed by atoms with E-state index in [-0.39, 0.29) is 0 Å². The molecule has 0 aliphatic carbocycles. The van der Waals surface area contributed by atoms with Crippen LogP contribution in [0.3, 0.4) is 0 Å². The van der Waals surface area contributed by atoms with E-state index in [9.17, 15) is 13.9 Å². The smallest absolute Gasteiger partial charge is 0.265 e. The van der Waals surface area contributed by atoms with Gasteiger partial charge in [-0.1, -0.05) is 72.8 Å². The number of benzene rings is 3. The lowest BCUT2D eigenvalue weighted by molar-refractivity contribution is -0.0627. The molecular formula is C24H25F2NO2. The Morgan fingerprint density at radius 1 is 0.793 bits per heavy atom. The molecule has 0 aliphatic rings. The van der Waals surface area contributed by atoms with Gasteiger partial charge in [-0.2, -0.15) is 0 Å². The second-order valence-electron chi connectivity index (χ2n) is 6.92. The highest BCUT2D eigenvalue weighted by molar-refractivity contribution is 5.30. The SMILES string of the molecule is COc1ccc([C@H]([C@@H](O)C(F)F)N(Cc2ccccc2)Cc2ccccc2)cc1. The van der Waals surface area contributed by atoms with Crippen LogP contribution in [0.15, 0.2) is 84.9 Å². The van der Waals surface area contributed by atoms with E-state index in [1.165, 1.54) is 0 Å². The fraction of sp³-hybridized carbons (Fsp3) is 0.250. The molecule has 0 heterocycles. The minimum atomic E-state index is -2.86. The van der Waals surface area contributed by atoms with Crippen molar-refractivity contribution in [3.05, 3.63) is 102 Å². The zero-order valence-electron chi connectivity index (χ0n) is 16.3. The second-order valence-corrected chi connectivity index (χ2v) is 6.92. The maximum Gasteiger partial charge on any atom is 0.265 e. The molecule has 0 unspecified atom stereocenters. The molecule has 0 bridgehead atoms. The zero-order valence-corrected chi connectivity index (χ0v) is 16.3. The summed E-state index contributed by atoms with van der Waals surface area (Å²) in [6, 6.07) is 25.4. The Labute approximate surface area is 170 Å². The highest BCUT2D eigenvalue weighted by atomic mass is 19.3. The molecule has 3 aromatic carbocycles. The van der Waals surface area contributed by atoms with E-state index in [0.717, 1.165) is 11.1 Å². The van der Waals surface area contributed by atoms with Crippen LogP contribution in [-0.2, 0) is 13.1 Å². The van der Waals surface area contributed by atoms with Crippen molar-refractivity contribution in [3.63, 3.8) is 0 Å². The normalized spacial score (nSPS) is 13.4. The van der Waals surface area contributed by atoms with Crippen molar-refractivity contribution >= 4 is 0 Å². The third-order valence-corrected chi connectivity index (χ3v) is 4.89. The van der Waals surface area contributed by atoms with Gasteiger partial charge in [0.25, 0.3) is 6.43 Å². The van der Waals surface area contributed by atoms with Gasteiger partial charge in [0, 0.05) is 13.1 Å². The number of ether oxygens (including phenoxy) is 1. The lowest BCUT2D eigenvalue weighted by Crippen LogP contribution is -2.39. The predicted octanol–water partition coefficient (Wildman–Crippen LogP) is 5.06. The molecule has 152 valence electrons. The van der Waals surface area contributed by atoms with Crippen LogP contribution in [0.2, 0.25) is 0 Å². The monoisotopic (exact) mass is 397 g/mol. The van der Waals surface area contributed by atoms with Crippen molar-refractivity contribution < 1.29 is 18.6 Å². The summed E-state index contributed by atoms with van der Waals surface area (Å²) in [5.41, 5.74) is 2.59. The van der Waals surface area contributed by atoms with Gasteiger partial charge >= 0.3 is 0 Å². The molecular weight excluding hydrogens is 372 g/mol. The minimum Gasteiger partial charge on any atom is -0.497 e. The molecule has 29 heavy (non-hydrogen) atoms. The molecule has 0 amide bonds. The molecule has 0 saturated heterocycles. The fourth-order valence-electron chi connectivity index (χ4n) is 3.45. The topological polar surface area (TPSA) is 32.7 Å². The first-order valence-corrected chi connectivity index (χ1v) is 9.50. The van der Waals surface area contributed by atoms with E-state index in [0.29, 0.717) is 24.4 Å². The van der Waals surface area contributed by atoms with E-state index in [4.69, 9.17) is 4.74 Å². The number of hydrogen-bond donors (Lipinski definition) is 1. The van der Waals surface area contributed by atoms with Crippen molar-refractivity contribution in [3.8, 4) is 5.75 Å². The first-order valence-electron chi connectivity index (χ1n) is 9.50. The zero-order chi connectivity index (χ0) is 20.6. The summed E-state index contributed by atoms with van der Waals surface area (Å²) in [7, 11) is 1.55. The first kappa shape index (κ1) is 21.0. The standard InChI is InChI=1S/C24H25F2NO2/c1-29-21-14-12-20(13-15-21)22(23(28)24(25)26)27(16-18-8-4-2-5-9-18)17-19-10-6-3-7-11-19/h2-15,22-24,28H,16-17H2,1H3/t22-,23-/m1/s1. The minimum absolute atomic E-state index is 0.427. The Morgan fingerprint density at radius 2 is 1.28 bits per heavy atom. The Kier molecular flexibility index (Phi) is 7.33.